The van der Waals surface area contributed by atoms with E-state index >= 15 is 0 Å². The molecule has 1 saturated heterocycles. The number of hydrogen-bond donors (Lipinski definition) is 1. The predicted molar refractivity (Wildman–Crippen MR) is 65.5 cm³/mol. The molecule has 2 aliphatic rings. The van der Waals surface area contributed by atoms with Crippen LogP contribution in [0.2, 0.25) is 0 Å². The Bertz CT molecular complexity index is 243. The number of alkyl halides is 3. The minimum absolute atomic E-state index is 0.119. The monoisotopic (exact) mass is 264 g/mol. The molecular weight excluding hydrogens is 241 g/mol. The van der Waals surface area contributed by atoms with Gasteiger partial charge in [-0.05, 0) is 44.7 Å². The molecule has 1 heterocycles. The quantitative estimate of drug-likeness (QED) is 0.840. The van der Waals surface area contributed by atoms with Gasteiger partial charge in [-0.3, -0.25) is 4.90 Å². The van der Waals surface area contributed by atoms with E-state index < -0.39 is 12.7 Å². The van der Waals surface area contributed by atoms with Gasteiger partial charge in [-0.2, -0.15) is 13.2 Å². The largest absolute Gasteiger partial charge is 0.401 e. The van der Waals surface area contributed by atoms with E-state index in [-0.39, 0.29) is 6.04 Å². The van der Waals surface area contributed by atoms with E-state index in [2.05, 4.69) is 5.32 Å². The lowest BCUT2D eigenvalue weighted by Crippen LogP contribution is -2.48. The van der Waals surface area contributed by atoms with E-state index in [1.165, 1.54) is 12.8 Å². The van der Waals surface area contributed by atoms with Crippen LogP contribution in [0.15, 0.2) is 0 Å². The highest BCUT2D eigenvalue weighted by atomic mass is 19.4. The Hall–Kier alpha value is -0.290. The molecule has 106 valence electrons. The van der Waals surface area contributed by atoms with Crippen molar-refractivity contribution in [3.63, 3.8) is 0 Å². The first-order valence-corrected chi connectivity index (χ1v) is 7.06. The Morgan fingerprint density at radius 1 is 1.00 bits per heavy atom. The Labute approximate surface area is 107 Å². The van der Waals surface area contributed by atoms with Crippen molar-refractivity contribution in [1.82, 2.24) is 10.2 Å². The summed E-state index contributed by atoms with van der Waals surface area (Å²) < 4.78 is 38.0. The fourth-order valence-corrected chi connectivity index (χ4v) is 3.27. The summed E-state index contributed by atoms with van der Waals surface area (Å²) in [7, 11) is 0. The summed E-state index contributed by atoms with van der Waals surface area (Å²) in [5.74, 6) is 0.488. The molecule has 0 spiro atoms. The molecule has 2 rings (SSSR count). The summed E-state index contributed by atoms with van der Waals surface area (Å²) in [4.78, 5) is 1.71. The van der Waals surface area contributed by atoms with Crippen molar-refractivity contribution in [3.8, 4) is 0 Å². The smallest absolute Gasteiger partial charge is 0.317 e. The van der Waals surface area contributed by atoms with Gasteiger partial charge in [0.15, 0.2) is 0 Å². The number of nitrogens with one attached hydrogen (secondary N) is 1. The van der Waals surface area contributed by atoms with Crippen LogP contribution in [-0.4, -0.2) is 43.3 Å². The fourth-order valence-electron chi connectivity index (χ4n) is 3.27. The summed E-state index contributed by atoms with van der Waals surface area (Å²) in [5, 5.41) is 3.22. The summed E-state index contributed by atoms with van der Waals surface area (Å²) in [6.07, 6.45) is 2.24. The summed E-state index contributed by atoms with van der Waals surface area (Å²) in [5.41, 5.74) is 0. The second-order valence-corrected chi connectivity index (χ2v) is 5.68. The standard InChI is InChI=1S/C13H23F3N2/c14-13(15,16)10-18(9-11-3-1-2-4-11)12-5-7-17-8-6-12/h11-12,17H,1-10H2. The second-order valence-electron chi connectivity index (χ2n) is 5.68. The van der Waals surface area contributed by atoms with E-state index in [0.717, 1.165) is 38.8 Å². The van der Waals surface area contributed by atoms with Crippen molar-refractivity contribution in [2.45, 2.75) is 50.7 Å². The number of nitrogens with zero attached hydrogens (tertiary/aromatic N) is 1. The molecule has 18 heavy (non-hydrogen) atoms. The maximum atomic E-state index is 12.7. The average molecular weight is 264 g/mol. The Morgan fingerprint density at radius 2 is 1.61 bits per heavy atom. The van der Waals surface area contributed by atoms with Gasteiger partial charge in [-0.15, -0.1) is 0 Å². The van der Waals surface area contributed by atoms with Gasteiger partial charge in [0.05, 0.1) is 6.54 Å². The zero-order chi connectivity index (χ0) is 13.0. The van der Waals surface area contributed by atoms with Crippen LogP contribution < -0.4 is 5.32 Å². The second kappa shape index (κ2) is 6.24. The van der Waals surface area contributed by atoms with Gasteiger partial charge in [-0.25, -0.2) is 0 Å². The Balaban J connectivity index is 1.91. The zero-order valence-electron chi connectivity index (χ0n) is 10.8. The highest BCUT2D eigenvalue weighted by Gasteiger charge is 2.35. The van der Waals surface area contributed by atoms with Crippen molar-refractivity contribution in [2.24, 2.45) is 5.92 Å². The van der Waals surface area contributed by atoms with E-state index in [0.29, 0.717) is 12.5 Å². The molecule has 0 unspecified atom stereocenters. The van der Waals surface area contributed by atoms with E-state index in [1.807, 2.05) is 0 Å². The molecule has 1 saturated carbocycles. The lowest BCUT2D eigenvalue weighted by molar-refractivity contribution is -0.153. The lowest BCUT2D eigenvalue weighted by atomic mass is 10.0. The molecule has 1 aliphatic carbocycles. The molecule has 2 nitrogen and oxygen atoms in total. The third-order valence-electron chi connectivity index (χ3n) is 4.17. The van der Waals surface area contributed by atoms with E-state index in [4.69, 9.17) is 0 Å². The van der Waals surface area contributed by atoms with E-state index in [1.54, 1.807) is 4.90 Å². The zero-order valence-corrected chi connectivity index (χ0v) is 10.8. The van der Waals surface area contributed by atoms with Gasteiger partial charge in [0, 0.05) is 12.6 Å². The summed E-state index contributed by atoms with van der Waals surface area (Å²) in [6.45, 7) is 1.62. The van der Waals surface area contributed by atoms with Crippen LogP contribution in [0.4, 0.5) is 13.2 Å². The van der Waals surface area contributed by atoms with Crippen molar-refractivity contribution in [1.29, 1.82) is 0 Å². The van der Waals surface area contributed by atoms with Gasteiger partial charge in [0.2, 0.25) is 0 Å². The van der Waals surface area contributed by atoms with Gasteiger partial charge in [-0.1, -0.05) is 12.8 Å². The van der Waals surface area contributed by atoms with Crippen LogP contribution >= 0.6 is 0 Å². The Kier molecular flexibility index (Phi) is 4.90. The van der Waals surface area contributed by atoms with Crippen LogP contribution in [0.25, 0.3) is 0 Å². The summed E-state index contributed by atoms with van der Waals surface area (Å²) in [6, 6.07) is 0.119. The third kappa shape index (κ3) is 4.43. The van der Waals surface area contributed by atoms with Crippen LogP contribution in [-0.2, 0) is 0 Å². The number of hydrogen-bond acceptors (Lipinski definition) is 2. The minimum atomic E-state index is -4.07. The highest BCUT2D eigenvalue weighted by molar-refractivity contribution is 4.82. The molecule has 2 fully saturated rings. The average Bonchev–Trinajstić information content (AvgIpc) is 2.80. The molecule has 0 amide bonds. The van der Waals surface area contributed by atoms with Crippen LogP contribution in [0, 0.1) is 5.92 Å². The first-order valence-electron chi connectivity index (χ1n) is 7.06. The van der Waals surface area contributed by atoms with Gasteiger partial charge in [0.1, 0.15) is 0 Å². The first-order chi connectivity index (χ1) is 8.54. The van der Waals surface area contributed by atoms with Crippen LogP contribution in [0.1, 0.15) is 38.5 Å². The molecule has 1 N–H and O–H groups in total. The highest BCUT2D eigenvalue weighted by Crippen LogP contribution is 2.29. The molecular formula is C13H23F3N2. The Morgan fingerprint density at radius 3 is 2.17 bits per heavy atom. The number of halogens is 3. The normalized spacial score (nSPS) is 24.0. The molecule has 0 bridgehead atoms. The molecule has 5 heteroatoms. The minimum Gasteiger partial charge on any atom is -0.317 e. The SMILES string of the molecule is FC(F)(F)CN(CC1CCCC1)C1CCNCC1. The fraction of sp³-hybridized carbons (Fsp3) is 1.00. The lowest BCUT2D eigenvalue weighted by Gasteiger charge is -2.36. The predicted octanol–water partition coefficient (Wildman–Crippen LogP) is 2.79. The van der Waals surface area contributed by atoms with Crippen LogP contribution in [0.5, 0.6) is 0 Å². The van der Waals surface area contributed by atoms with Gasteiger partial charge >= 0.3 is 6.18 Å². The number of rotatable bonds is 4. The van der Waals surface area contributed by atoms with Crippen molar-refractivity contribution in [2.75, 3.05) is 26.2 Å². The maximum Gasteiger partial charge on any atom is 0.401 e. The van der Waals surface area contributed by atoms with Crippen molar-refractivity contribution >= 4 is 0 Å². The number of piperidine rings is 1. The van der Waals surface area contributed by atoms with Crippen LogP contribution in [0.3, 0.4) is 0 Å². The topological polar surface area (TPSA) is 15.3 Å². The molecule has 0 atom stereocenters. The molecule has 0 aromatic heterocycles. The first kappa shape index (κ1) is 14.1. The van der Waals surface area contributed by atoms with Gasteiger partial charge in [0.25, 0.3) is 0 Å². The summed E-state index contributed by atoms with van der Waals surface area (Å²) >= 11 is 0. The molecule has 0 radical (unpaired) electrons. The van der Waals surface area contributed by atoms with Crippen molar-refractivity contribution < 1.29 is 13.2 Å². The molecule has 0 aromatic carbocycles. The third-order valence-corrected chi connectivity index (χ3v) is 4.17. The van der Waals surface area contributed by atoms with Crippen molar-refractivity contribution in [3.05, 3.63) is 0 Å². The maximum absolute atomic E-state index is 12.7. The molecule has 0 aromatic rings. The molecule has 1 aliphatic heterocycles. The van der Waals surface area contributed by atoms with Gasteiger partial charge < -0.3 is 5.32 Å². The van der Waals surface area contributed by atoms with E-state index in [9.17, 15) is 13.2 Å².